The Labute approximate surface area is 179 Å². The summed E-state index contributed by atoms with van der Waals surface area (Å²) < 4.78 is 5.86. The van der Waals surface area contributed by atoms with E-state index in [2.05, 4.69) is 39.7 Å². The van der Waals surface area contributed by atoms with Crippen LogP contribution in [0.25, 0.3) is 0 Å². The highest BCUT2D eigenvalue weighted by atomic mass is 16.5. The molecule has 0 atom stereocenters. The fourth-order valence-corrected chi connectivity index (χ4v) is 2.80. The molecule has 2 aromatic rings. The summed E-state index contributed by atoms with van der Waals surface area (Å²) in [6, 6.07) is 12.0. The number of hydrogen-bond acceptors (Lipinski definition) is 4. The third-order valence-corrected chi connectivity index (χ3v) is 4.62. The number of nitrogens with zero attached hydrogens (tertiary/aromatic N) is 3. The average Bonchev–Trinajstić information content (AvgIpc) is 2.77. The van der Waals surface area contributed by atoms with Gasteiger partial charge in [0.25, 0.3) is 0 Å². The van der Waals surface area contributed by atoms with Gasteiger partial charge in [-0.1, -0.05) is 25.1 Å². The van der Waals surface area contributed by atoms with Crippen molar-refractivity contribution >= 4 is 11.9 Å². The minimum Gasteiger partial charge on any atom is -0.493 e. The number of ether oxygens (including phenoxy) is 1. The number of rotatable bonds is 10. The van der Waals surface area contributed by atoms with Crippen molar-refractivity contribution in [1.29, 1.82) is 0 Å². The molecule has 162 valence electrons. The largest absolute Gasteiger partial charge is 0.493 e. The summed E-state index contributed by atoms with van der Waals surface area (Å²) >= 11 is 0. The van der Waals surface area contributed by atoms with Crippen molar-refractivity contribution in [2.24, 2.45) is 4.99 Å². The first-order valence-electron chi connectivity index (χ1n) is 10.3. The maximum absolute atomic E-state index is 12.4. The van der Waals surface area contributed by atoms with Crippen molar-refractivity contribution in [3.8, 4) is 5.75 Å². The van der Waals surface area contributed by atoms with Crippen LogP contribution in [0.4, 0.5) is 0 Å². The van der Waals surface area contributed by atoms with Crippen LogP contribution < -0.4 is 15.4 Å². The molecule has 0 aliphatic heterocycles. The Morgan fingerprint density at radius 1 is 1.23 bits per heavy atom. The monoisotopic (exact) mass is 411 g/mol. The van der Waals surface area contributed by atoms with E-state index in [0.29, 0.717) is 25.7 Å². The summed E-state index contributed by atoms with van der Waals surface area (Å²) in [7, 11) is 3.49. The van der Waals surface area contributed by atoms with Crippen molar-refractivity contribution < 1.29 is 9.53 Å². The Balaban J connectivity index is 1.81. The summed E-state index contributed by atoms with van der Waals surface area (Å²) in [6.07, 6.45) is 3.45. The zero-order chi connectivity index (χ0) is 21.8. The summed E-state index contributed by atoms with van der Waals surface area (Å²) in [5.41, 5.74) is 3.18. The minimum absolute atomic E-state index is 0.00353. The number of carbonyl (C=O) groups excluding carboxylic acids is 1. The number of aryl methyl sites for hydroxylation is 1. The topological polar surface area (TPSA) is 78.8 Å². The molecule has 0 radical (unpaired) electrons. The highest BCUT2D eigenvalue weighted by molar-refractivity contribution is 5.86. The summed E-state index contributed by atoms with van der Waals surface area (Å²) in [5.74, 6) is 1.45. The van der Waals surface area contributed by atoms with Crippen molar-refractivity contribution in [2.45, 2.75) is 33.2 Å². The molecule has 0 bridgehead atoms. The van der Waals surface area contributed by atoms with E-state index in [-0.39, 0.29) is 12.5 Å². The summed E-state index contributed by atoms with van der Waals surface area (Å²) in [4.78, 5) is 22.6. The molecular formula is C23H33N5O2. The smallest absolute Gasteiger partial charge is 0.241 e. The second-order valence-electron chi connectivity index (χ2n) is 7.13. The van der Waals surface area contributed by atoms with Gasteiger partial charge in [0.1, 0.15) is 5.75 Å². The molecule has 0 saturated carbocycles. The van der Waals surface area contributed by atoms with Crippen LogP contribution in [-0.4, -0.2) is 55.5 Å². The molecule has 1 aromatic carbocycles. The van der Waals surface area contributed by atoms with Gasteiger partial charge < -0.3 is 20.3 Å². The van der Waals surface area contributed by atoms with E-state index in [0.717, 1.165) is 35.4 Å². The lowest BCUT2D eigenvalue weighted by Gasteiger charge is -2.19. The number of guanidine groups is 1. The highest BCUT2D eigenvalue weighted by Crippen LogP contribution is 2.20. The Hall–Kier alpha value is -3.09. The lowest BCUT2D eigenvalue weighted by molar-refractivity contribution is -0.128. The summed E-state index contributed by atoms with van der Waals surface area (Å²) in [6.45, 7) is 6.17. The van der Waals surface area contributed by atoms with Crippen LogP contribution in [0.1, 0.15) is 30.2 Å². The van der Waals surface area contributed by atoms with Crippen molar-refractivity contribution in [2.75, 3.05) is 33.8 Å². The van der Waals surface area contributed by atoms with Gasteiger partial charge in [0.2, 0.25) is 5.91 Å². The number of amides is 1. The van der Waals surface area contributed by atoms with E-state index in [9.17, 15) is 4.79 Å². The van der Waals surface area contributed by atoms with Crippen molar-refractivity contribution in [1.82, 2.24) is 20.5 Å². The van der Waals surface area contributed by atoms with E-state index >= 15 is 0 Å². The molecule has 0 aliphatic carbocycles. The van der Waals surface area contributed by atoms with Crippen LogP contribution in [-0.2, 0) is 17.8 Å². The standard InChI is InChI=1S/C23H33N5O2/c1-5-14-30-21-15-18(2)9-10-19(21)16-26-23(24-3)27-17-22(29)28(4)13-11-20-8-6-7-12-25-20/h6-10,12,15H,5,11,13-14,16-17H2,1-4H3,(H2,24,26,27). The molecule has 2 rings (SSSR count). The third-order valence-electron chi connectivity index (χ3n) is 4.62. The van der Waals surface area contributed by atoms with Gasteiger partial charge >= 0.3 is 0 Å². The van der Waals surface area contributed by atoms with Crippen LogP contribution in [0.2, 0.25) is 0 Å². The van der Waals surface area contributed by atoms with Gasteiger partial charge in [-0.2, -0.15) is 0 Å². The molecule has 0 unspecified atom stereocenters. The maximum atomic E-state index is 12.4. The van der Waals surface area contributed by atoms with Gasteiger partial charge in [0, 0.05) is 51.1 Å². The van der Waals surface area contributed by atoms with Crippen LogP contribution in [0.5, 0.6) is 5.75 Å². The zero-order valence-corrected chi connectivity index (χ0v) is 18.4. The molecule has 1 aromatic heterocycles. The maximum Gasteiger partial charge on any atom is 0.241 e. The van der Waals surface area contributed by atoms with Crippen molar-refractivity contribution in [3.63, 3.8) is 0 Å². The number of aromatic nitrogens is 1. The molecule has 0 spiro atoms. The number of pyridine rings is 1. The zero-order valence-electron chi connectivity index (χ0n) is 18.4. The first-order chi connectivity index (χ1) is 14.5. The van der Waals surface area contributed by atoms with Crippen LogP contribution in [0, 0.1) is 6.92 Å². The van der Waals surface area contributed by atoms with Gasteiger partial charge in [-0.25, -0.2) is 0 Å². The highest BCUT2D eigenvalue weighted by Gasteiger charge is 2.11. The van der Waals surface area contributed by atoms with E-state index in [1.54, 1.807) is 25.2 Å². The number of nitrogens with one attached hydrogen (secondary N) is 2. The van der Waals surface area contributed by atoms with Crippen LogP contribution in [0.15, 0.2) is 47.6 Å². The van der Waals surface area contributed by atoms with Gasteiger partial charge in [0.05, 0.1) is 13.2 Å². The summed E-state index contributed by atoms with van der Waals surface area (Å²) in [5, 5.41) is 6.34. The van der Waals surface area contributed by atoms with Gasteiger partial charge in [0.15, 0.2) is 5.96 Å². The molecule has 7 heteroatoms. The van der Waals surface area contributed by atoms with E-state index < -0.39 is 0 Å². The van der Waals surface area contributed by atoms with Gasteiger partial charge in [-0.15, -0.1) is 0 Å². The Morgan fingerprint density at radius 2 is 2.07 bits per heavy atom. The van der Waals surface area contributed by atoms with Crippen molar-refractivity contribution in [3.05, 3.63) is 59.4 Å². The fourth-order valence-electron chi connectivity index (χ4n) is 2.80. The molecular weight excluding hydrogens is 378 g/mol. The number of carbonyl (C=O) groups is 1. The lowest BCUT2D eigenvalue weighted by atomic mass is 10.1. The fraction of sp³-hybridized carbons (Fsp3) is 0.435. The number of aliphatic imine (C=N–C) groups is 1. The van der Waals surface area contributed by atoms with Crippen LogP contribution in [0.3, 0.4) is 0 Å². The average molecular weight is 412 g/mol. The minimum atomic E-state index is -0.00353. The normalized spacial score (nSPS) is 11.1. The molecule has 7 nitrogen and oxygen atoms in total. The molecule has 0 saturated heterocycles. The predicted octanol–water partition coefficient (Wildman–Crippen LogP) is 2.54. The van der Waals surface area contributed by atoms with Crippen LogP contribution >= 0.6 is 0 Å². The number of benzene rings is 1. The quantitative estimate of drug-likeness (QED) is 0.464. The third kappa shape index (κ3) is 7.73. The molecule has 1 heterocycles. The van der Waals surface area contributed by atoms with E-state index in [4.69, 9.17) is 4.74 Å². The molecule has 2 N–H and O–H groups in total. The van der Waals surface area contributed by atoms with Gasteiger partial charge in [-0.3, -0.25) is 14.8 Å². The first-order valence-corrected chi connectivity index (χ1v) is 10.3. The molecule has 0 fully saturated rings. The molecule has 30 heavy (non-hydrogen) atoms. The van der Waals surface area contributed by atoms with Gasteiger partial charge in [-0.05, 0) is 37.1 Å². The Morgan fingerprint density at radius 3 is 2.77 bits per heavy atom. The van der Waals surface area contributed by atoms with E-state index in [1.807, 2.05) is 31.2 Å². The second kappa shape index (κ2) is 12.5. The Bertz CT molecular complexity index is 824. The molecule has 1 amide bonds. The number of hydrogen-bond donors (Lipinski definition) is 2. The molecule has 0 aliphatic rings. The lowest BCUT2D eigenvalue weighted by Crippen LogP contribution is -2.43. The number of likely N-dealkylation sites (N-methyl/N-ethyl adjacent to an activating group) is 1. The first kappa shape index (κ1) is 23.2. The second-order valence-corrected chi connectivity index (χ2v) is 7.13. The predicted molar refractivity (Wildman–Crippen MR) is 121 cm³/mol. The Kier molecular flexibility index (Phi) is 9.64. The SMILES string of the molecule is CCCOc1cc(C)ccc1CNC(=NC)NCC(=O)N(C)CCc1ccccn1. The van der Waals surface area contributed by atoms with E-state index in [1.165, 1.54) is 0 Å².